The standard InChI is InChI=1S/C6H6NO2/c1-7-3-2-5(8)6(9)4-7/h2,4,9H,1H3. The molecule has 0 spiro atoms. The van der Waals surface area contributed by atoms with Gasteiger partial charge in [-0.1, -0.05) is 0 Å². The molecule has 0 amide bonds. The molecule has 9 heavy (non-hydrogen) atoms. The van der Waals surface area contributed by atoms with Crippen LogP contribution in [0, 0.1) is 6.20 Å². The van der Waals surface area contributed by atoms with Crippen LogP contribution < -0.4 is 5.43 Å². The Kier molecular flexibility index (Phi) is 1.26. The molecule has 0 saturated carbocycles. The van der Waals surface area contributed by atoms with Crippen molar-refractivity contribution in [3.63, 3.8) is 0 Å². The summed E-state index contributed by atoms with van der Waals surface area (Å²) in [7, 11) is 1.68. The molecule has 0 saturated heterocycles. The lowest BCUT2D eigenvalue weighted by molar-refractivity contribution is 0.463. The molecule has 0 aliphatic carbocycles. The van der Waals surface area contributed by atoms with Gasteiger partial charge in [0, 0.05) is 13.1 Å². The van der Waals surface area contributed by atoms with E-state index in [4.69, 9.17) is 5.11 Å². The van der Waals surface area contributed by atoms with Crippen molar-refractivity contribution in [1.82, 2.24) is 4.57 Å². The first-order chi connectivity index (χ1) is 4.20. The van der Waals surface area contributed by atoms with E-state index in [1.807, 2.05) is 0 Å². The van der Waals surface area contributed by atoms with Crippen molar-refractivity contribution in [3.8, 4) is 5.75 Å². The third kappa shape index (κ3) is 1.10. The second-order valence-electron chi connectivity index (χ2n) is 1.76. The first kappa shape index (κ1) is 5.88. The number of hydrogen-bond acceptors (Lipinski definition) is 2. The zero-order valence-electron chi connectivity index (χ0n) is 4.96. The second kappa shape index (κ2) is 1.93. The Balaban J connectivity index is 3.34. The first-order valence-electron chi connectivity index (χ1n) is 2.47. The van der Waals surface area contributed by atoms with Crippen LogP contribution in [0.5, 0.6) is 5.75 Å². The van der Waals surface area contributed by atoms with Crippen molar-refractivity contribution in [2.75, 3.05) is 0 Å². The predicted molar refractivity (Wildman–Crippen MR) is 32.2 cm³/mol. The Morgan fingerprint density at radius 3 is 2.89 bits per heavy atom. The molecule has 1 radical (unpaired) electrons. The maximum atomic E-state index is 10.5. The minimum Gasteiger partial charge on any atom is -0.503 e. The average Bonchev–Trinajstić information content (AvgIpc) is 1.80. The highest BCUT2D eigenvalue weighted by Crippen LogP contribution is 1.94. The minimum absolute atomic E-state index is 0.240. The van der Waals surface area contributed by atoms with Crippen LogP contribution in [0.3, 0.4) is 0 Å². The summed E-state index contributed by atoms with van der Waals surface area (Å²) >= 11 is 0. The molecular weight excluding hydrogens is 118 g/mol. The monoisotopic (exact) mass is 124 g/mol. The van der Waals surface area contributed by atoms with Crippen molar-refractivity contribution in [1.29, 1.82) is 0 Å². The van der Waals surface area contributed by atoms with E-state index in [0.717, 1.165) is 0 Å². The molecule has 0 fully saturated rings. The predicted octanol–water partition coefficient (Wildman–Crippen LogP) is -0.109. The smallest absolute Gasteiger partial charge is 0.223 e. The zero-order valence-corrected chi connectivity index (χ0v) is 4.96. The van der Waals surface area contributed by atoms with Crippen LogP contribution in [-0.4, -0.2) is 9.67 Å². The fraction of sp³-hybridized carbons (Fsp3) is 0.167. The number of aromatic nitrogens is 1. The van der Waals surface area contributed by atoms with Gasteiger partial charge in [0.1, 0.15) is 0 Å². The molecule has 0 aliphatic rings. The van der Waals surface area contributed by atoms with Gasteiger partial charge in [-0.3, -0.25) is 4.79 Å². The molecule has 47 valence electrons. The van der Waals surface area contributed by atoms with Crippen LogP contribution in [-0.2, 0) is 7.05 Å². The summed E-state index contributed by atoms with van der Waals surface area (Å²) in [6, 6.07) is 1.19. The topological polar surface area (TPSA) is 42.2 Å². The number of aryl methyl sites for hydroxylation is 1. The lowest BCUT2D eigenvalue weighted by Crippen LogP contribution is -2.01. The fourth-order valence-corrected chi connectivity index (χ4v) is 0.519. The molecule has 0 aromatic carbocycles. The van der Waals surface area contributed by atoms with Gasteiger partial charge in [0.15, 0.2) is 5.75 Å². The highest BCUT2D eigenvalue weighted by atomic mass is 16.3. The van der Waals surface area contributed by atoms with Crippen LogP contribution in [0.1, 0.15) is 0 Å². The molecule has 3 nitrogen and oxygen atoms in total. The summed E-state index contributed by atoms with van der Waals surface area (Å²) in [5, 5.41) is 8.75. The van der Waals surface area contributed by atoms with Gasteiger partial charge in [-0.05, 0) is 0 Å². The van der Waals surface area contributed by atoms with Crippen molar-refractivity contribution in [2.45, 2.75) is 0 Å². The highest BCUT2D eigenvalue weighted by Gasteiger charge is 1.91. The summed E-state index contributed by atoms with van der Waals surface area (Å²) in [4.78, 5) is 10.5. The van der Waals surface area contributed by atoms with Gasteiger partial charge >= 0.3 is 0 Å². The molecule has 1 N–H and O–H groups in total. The molecular formula is C6H6NO2. The van der Waals surface area contributed by atoms with E-state index < -0.39 is 5.43 Å². The quantitative estimate of drug-likeness (QED) is 0.524. The molecule has 1 aromatic rings. The van der Waals surface area contributed by atoms with E-state index in [0.29, 0.717) is 0 Å². The lowest BCUT2D eigenvalue weighted by Gasteiger charge is -1.93. The largest absolute Gasteiger partial charge is 0.503 e. The third-order valence-corrected chi connectivity index (χ3v) is 0.968. The van der Waals surface area contributed by atoms with E-state index in [2.05, 4.69) is 6.20 Å². The maximum Gasteiger partial charge on any atom is 0.223 e. The number of pyridine rings is 1. The second-order valence-corrected chi connectivity index (χ2v) is 1.76. The molecule has 3 heteroatoms. The average molecular weight is 124 g/mol. The molecule has 0 atom stereocenters. The molecule has 1 aromatic heterocycles. The molecule has 1 rings (SSSR count). The third-order valence-electron chi connectivity index (χ3n) is 0.968. The van der Waals surface area contributed by atoms with Crippen molar-refractivity contribution < 1.29 is 5.11 Å². The van der Waals surface area contributed by atoms with Gasteiger partial charge in [0.05, 0.1) is 12.4 Å². The fourth-order valence-electron chi connectivity index (χ4n) is 0.519. The van der Waals surface area contributed by atoms with Gasteiger partial charge in [-0.25, -0.2) is 0 Å². The van der Waals surface area contributed by atoms with Gasteiger partial charge in [0.2, 0.25) is 5.43 Å². The number of aromatic hydroxyl groups is 1. The lowest BCUT2D eigenvalue weighted by atomic mass is 10.4. The molecule has 0 unspecified atom stereocenters. The Labute approximate surface area is 52.2 Å². The summed E-state index contributed by atoms with van der Waals surface area (Å²) in [6.45, 7) is 0. The van der Waals surface area contributed by atoms with Crippen LogP contribution in [0.2, 0.25) is 0 Å². The maximum absolute atomic E-state index is 10.5. The zero-order chi connectivity index (χ0) is 6.85. The van der Waals surface area contributed by atoms with Crippen LogP contribution in [0.4, 0.5) is 0 Å². The number of hydrogen-bond donors (Lipinski definition) is 1. The Hall–Kier alpha value is -1.25. The van der Waals surface area contributed by atoms with Crippen LogP contribution in [0.15, 0.2) is 17.1 Å². The van der Waals surface area contributed by atoms with Gasteiger partial charge in [0.25, 0.3) is 0 Å². The summed E-state index contributed by atoms with van der Waals surface area (Å²) in [5.74, 6) is -0.240. The van der Waals surface area contributed by atoms with E-state index >= 15 is 0 Å². The number of nitrogens with zero attached hydrogens (tertiary/aromatic N) is 1. The first-order valence-corrected chi connectivity index (χ1v) is 2.47. The van der Waals surface area contributed by atoms with E-state index in [1.54, 1.807) is 7.05 Å². The van der Waals surface area contributed by atoms with Crippen molar-refractivity contribution in [2.24, 2.45) is 7.05 Å². The van der Waals surface area contributed by atoms with Gasteiger partial charge in [-0.2, -0.15) is 0 Å². The van der Waals surface area contributed by atoms with E-state index in [-0.39, 0.29) is 5.75 Å². The van der Waals surface area contributed by atoms with Gasteiger partial charge < -0.3 is 9.67 Å². The Morgan fingerprint density at radius 1 is 1.78 bits per heavy atom. The normalized spacial score (nSPS) is 9.44. The Morgan fingerprint density at radius 2 is 2.44 bits per heavy atom. The summed E-state index contributed by atoms with van der Waals surface area (Å²) in [6.07, 6.45) is 3.89. The van der Waals surface area contributed by atoms with Crippen LogP contribution >= 0.6 is 0 Å². The summed E-state index contributed by atoms with van der Waals surface area (Å²) in [5.41, 5.74) is -0.395. The SMILES string of the molecule is Cn1[c]cc(=O)c(O)c1. The highest BCUT2D eigenvalue weighted by molar-refractivity contribution is 5.13. The minimum atomic E-state index is -0.395. The molecule has 1 heterocycles. The molecule has 0 aliphatic heterocycles. The molecule has 0 bridgehead atoms. The van der Waals surface area contributed by atoms with Crippen LogP contribution in [0.25, 0.3) is 0 Å². The Bertz CT molecular complexity index is 264. The summed E-state index contributed by atoms with van der Waals surface area (Å²) < 4.78 is 1.48. The van der Waals surface area contributed by atoms with Crippen molar-refractivity contribution >= 4 is 0 Å². The van der Waals surface area contributed by atoms with E-state index in [9.17, 15) is 4.79 Å². The van der Waals surface area contributed by atoms with Gasteiger partial charge in [-0.15, -0.1) is 0 Å². The number of rotatable bonds is 0. The van der Waals surface area contributed by atoms with E-state index in [1.165, 1.54) is 16.8 Å². The van der Waals surface area contributed by atoms with Crippen molar-refractivity contribution in [3.05, 3.63) is 28.7 Å².